The van der Waals surface area contributed by atoms with Gasteiger partial charge in [-0.1, -0.05) is 18.2 Å². The Bertz CT molecular complexity index is 395. The Hall–Kier alpha value is -1.37. The third kappa shape index (κ3) is 5.73. The number of thiocarbonyl (C=S) groups is 1. The zero-order valence-corrected chi connectivity index (χ0v) is 12.5. The fourth-order valence-electron chi connectivity index (χ4n) is 2.14. The van der Waals surface area contributed by atoms with Gasteiger partial charge in [-0.15, -0.1) is 0 Å². The van der Waals surface area contributed by atoms with Crippen LogP contribution in [0.1, 0.15) is 6.42 Å². The summed E-state index contributed by atoms with van der Waals surface area (Å²) in [6.07, 6.45) is 1.11. The lowest BCUT2D eigenvalue weighted by Crippen LogP contribution is -3.14. The predicted octanol–water partition coefficient (Wildman–Crippen LogP) is -0.217. The lowest BCUT2D eigenvalue weighted by Gasteiger charge is -2.23. The minimum absolute atomic E-state index is 0.630. The highest BCUT2D eigenvalue weighted by atomic mass is 32.1. The molecule has 0 atom stereocenters. The number of rotatable bonds is 6. The zero-order valence-electron chi connectivity index (χ0n) is 11.7. The zero-order chi connectivity index (χ0) is 14.0. The first-order valence-electron chi connectivity index (χ1n) is 7.11. The largest absolute Gasteiger partial charge is 0.370 e. The quantitative estimate of drug-likeness (QED) is 0.332. The number of ether oxygens (including phenoxy) is 1. The van der Waals surface area contributed by atoms with Gasteiger partial charge in [-0.25, -0.2) is 0 Å². The Balaban J connectivity index is 1.51. The lowest BCUT2D eigenvalue weighted by molar-refractivity contribution is -0.908. The van der Waals surface area contributed by atoms with E-state index in [0.717, 1.165) is 45.0 Å². The predicted molar refractivity (Wildman–Crippen MR) is 84.8 cm³/mol. The van der Waals surface area contributed by atoms with Crippen LogP contribution in [0.4, 0.5) is 5.69 Å². The standard InChI is InChI=1S/C14H22N4OS/c20-14(17-16-13-5-2-1-3-6-13)15-7-4-8-18-9-11-19-12-10-18/h1-3,5-6,16H,4,7-12H2,(H2,15,17,20)/p+1. The Morgan fingerprint density at radius 2 is 1.95 bits per heavy atom. The minimum Gasteiger partial charge on any atom is -0.370 e. The van der Waals surface area contributed by atoms with E-state index in [4.69, 9.17) is 17.0 Å². The van der Waals surface area contributed by atoms with Crippen LogP contribution in [0.2, 0.25) is 0 Å². The lowest BCUT2D eigenvalue weighted by atomic mass is 10.3. The second-order valence-corrected chi connectivity index (χ2v) is 5.25. The molecule has 0 aromatic heterocycles. The maximum absolute atomic E-state index is 5.34. The van der Waals surface area contributed by atoms with Crippen molar-refractivity contribution in [1.29, 1.82) is 0 Å². The maximum Gasteiger partial charge on any atom is 0.185 e. The van der Waals surface area contributed by atoms with Gasteiger partial charge in [0.05, 0.1) is 25.4 Å². The summed E-state index contributed by atoms with van der Waals surface area (Å²) >= 11 is 5.21. The van der Waals surface area contributed by atoms with Crippen LogP contribution in [0, 0.1) is 0 Å². The number of hydrogen-bond donors (Lipinski definition) is 4. The molecule has 20 heavy (non-hydrogen) atoms. The number of benzene rings is 1. The number of nitrogens with one attached hydrogen (secondary N) is 4. The highest BCUT2D eigenvalue weighted by Crippen LogP contribution is 2.02. The summed E-state index contributed by atoms with van der Waals surface area (Å²) in [6, 6.07) is 9.90. The van der Waals surface area contributed by atoms with E-state index in [1.807, 2.05) is 30.3 Å². The summed E-state index contributed by atoms with van der Waals surface area (Å²) < 4.78 is 5.34. The molecule has 0 amide bonds. The van der Waals surface area contributed by atoms with Crippen LogP contribution in [0.5, 0.6) is 0 Å². The smallest absolute Gasteiger partial charge is 0.185 e. The molecule has 0 spiro atoms. The average molecular weight is 295 g/mol. The van der Waals surface area contributed by atoms with Gasteiger partial charge in [-0.3, -0.25) is 10.9 Å². The van der Waals surface area contributed by atoms with E-state index in [1.165, 1.54) is 6.54 Å². The normalized spacial score (nSPS) is 15.6. The van der Waals surface area contributed by atoms with Crippen molar-refractivity contribution in [3.8, 4) is 0 Å². The van der Waals surface area contributed by atoms with Gasteiger partial charge in [0.15, 0.2) is 5.11 Å². The van der Waals surface area contributed by atoms with E-state index < -0.39 is 0 Å². The average Bonchev–Trinajstić information content (AvgIpc) is 2.52. The van der Waals surface area contributed by atoms with Gasteiger partial charge in [0, 0.05) is 13.0 Å². The fourth-order valence-corrected chi connectivity index (χ4v) is 2.30. The van der Waals surface area contributed by atoms with Crippen LogP contribution in [-0.2, 0) is 4.74 Å². The monoisotopic (exact) mass is 295 g/mol. The molecule has 5 nitrogen and oxygen atoms in total. The number of quaternary nitrogens is 1. The number of para-hydroxylation sites is 1. The molecule has 1 aromatic rings. The van der Waals surface area contributed by atoms with Crippen LogP contribution in [0.25, 0.3) is 0 Å². The number of morpholine rings is 1. The third-order valence-corrected chi connectivity index (χ3v) is 3.53. The van der Waals surface area contributed by atoms with E-state index in [9.17, 15) is 0 Å². The van der Waals surface area contributed by atoms with Crippen LogP contribution >= 0.6 is 12.2 Å². The fraction of sp³-hybridized carbons (Fsp3) is 0.500. The van der Waals surface area contributed by atoms with Crippen LogP contribution < -0.4 is 21.1 Å². The molecule has 0 unspecified atom stereocenters. The molecule has 1 saturated heterocycles. The molecular weight excluding hydrogens is 272 g/mol. The van der Waals surface area contributed by atoms with Gasteiger partial charge in [0.2, 0.25) is 0 Å². The van der Waals surface area contributed by atoms with Crippen molar-refractivity contribution in [3.05, 3.63) is 30.3 Å². The van der Waals surface area contributed by atoms with Crippen molar-refractivity contribution < 1.29 is 9.64 Å². The summed E-state index contributed by atoms with van der Waals surface area (Å²) in [5.74, 6) is 0. The molecule has 1 aromatic carbocycles. The Morgan fingerprint density at radius 1 is 1.20 bits per heavy atom. The Labute approximate surface area is 125 Å². The van der Waals surface area contributed by atoms with Crippen molar-refractivity contribution in [2.45, 2.75) is 6.42 Å². The summed E-state index contributed by atoms with van der Waals surface area (Å²) in [4.78, 5) is 1.62. The van der Waals surface area contributed by atoms with Crippen molar-refractivity contribution in [3.63, 3.8) is 0 Å². The minimum atomic E-state index is 0.630. The van der Waals surface area contributed by atoms with E-state index in [0.29, 0.717) is 5.11 Å². The third-order valence-electron chi connectivity index (χ3n) is 3.29. The molecule has 0 radical (unpaired) electrons. The van der Waals surface area contributed by atoms with Crippen molar-refractivity contribution in [2.24, 2.45) is 0 Å². The second kappa shape index (κ2) is 8.73. The van der Waals surface area contributed by atoms with Crippen LogP contribution in [-0.4, -0.2) is 44.5 Å². The van der Waals surface area contributed by atoms with E-state index in [2.05, 4.69) is 16.2 Å². The Kier molecular flexibility index (Phi) is 6.56. The van der Waals surface area contributed by atoms with Gasteiger partial charge in [0.25, 0.3) is 0 Å². The van der Waals surface area contributed by atoms with Crippen molar-refractivity contribution in [1.82, 2.24) is 10.7 Å². The number of hydrogen-bond acceptors (Lipinski definition) is 3. The summed E-state index contributed by atoms with van der Waals surface area (Å²) in [7, 11) is 0. The first-order chi connectivity index (χ1) is 9.84. The molecule has 1 aliphatic rings. The summed E-state index contributed by atoms with van der Waals surface area (Å²) in [5, 5.41) is 3.84. The first kappa shape index (κ1) is 15.0. The molecule has 1 aliphatic heterocycles. The van der Waals surface area contributed by atoms with Gasteiger partial charge in [0.1, 0.15) is 13.1 Å². The van der Waals surface area contributed by atoms with Crippen LogP contribution in [0.3, 0.4) is 0 Å². The van der Waals surface area contributed by atoms with Crippen molar-refractivity contribution >= 4 is 23.0 Å². The molecule has 1 heterocycles. The molecule has 0 aliphatic carbocycles. The van der Waals surface area contributed by atoms with Gasteiger partial charge in [-0.2, -0.15) is 0 Å². The van der Waals surface area contributed by atoms with Gasteiger partial charge < -0.3 is 15.0 Å². The second-order valence-electron chi connectivity index (χ2n) is 4.84. The van der Waals surface area contributed by atoms with Crippen molar-refractivity contribution in [2.75, 3.05) is 44.8 Å². The van der Waals surface area contributed by atoms with E-state index in [1.54, 1.807) is 4.90 Å². The molecule has 6 heteroatoms. The Morgan fingerprint density at radius 3 is 2.70 bits per heavy atom. The molecular formula is C14H23N4OS+. The summed E-state index contributed by atoms with van der Waals surface area (Å²) in [6.45, 7) is 6.10. The first-order valence-corrected chi connectivity index (χ1v) is 7.51. The SMILES string of the molecule is S=C(NCCC[NH+]1CCOCC1)NNc1ccccc1. The highest BCUT2D eigenvalue weighted by Gasteiger charge is 2.12. The molecule has 0 saturated carbocycles. The van der Waals surface area contributed by atoms with E-state index in [-0.39, 0.29) is 0 Å². The van der Waals surface area contributed by atoms with Crippen LogP contribution in [0.15, 0.2) is 30.3 Å². The van der Waals surface area contributed by atoms with E-state index >= 15 is 0 Å². The topological polar surface area (TPSA) is 49.8 Å². The van der Waals surface area contributed by atoms with Gasteiger partial charge >= 0.3 is 0 Å². The molecule has 4 N–H and O–H groups in total. The number of hydrazine groups is 1. The summed E-state index contributed by atoms with van der Waals surface area (Å²) in [5.41, 5.74) is 7.03. The number of anilines is 1. The highest BCUT2D eigenvalue weighted by molar-refractivity contribution is 7.80. The molecule has 2 rings (SSSR count). The maximum atomic E-state index is 5.34. The van der Waals surface area contributed by atoms with Gasteiger partial charge in [-0.05, 0) is 24.4 Å². The molecule has 0 bridgehead atoms. The molecule has 1 fully saturated rings. The molecule has 110 valence electrons.